The highest BCUT2D eigenvalue weighted by Gasteiger charge is 2.37. The zero-order valence-electron chi connectivity index (χ0n) is 25.4. The number of aliphatic carboxylic acids is 1. The van der Waals surface area contributed by atoms with Crippen LogP contribution in [-0.2, 0) is 29.8 Å². The first-order valence-corrected chi connectivity index (χ1v) is 14.9. The smallest absolute Gasteiger partial charge is 0.333 e. The number of imidazole rings is 1. The van der Waals surface area contributed by atoms with Crippen molar-refractivity contribution in [1.82, 2.24) is 14.1 Å². The largest absolute Gasteiger partial charge is 0.481 e. The Bertz CT molecular complexity index is 1840. The predicted octanol–water partition coefficient (Wildman–Crippen LogP) is 5.34. The summed E-state index contributed by atoms with van der Waals surface area (Å²) in [5, 5.41) is 9.37. The number of methoxy groups -OCH3 is 1. The number of hydrogen-bond acceptors (Lipinski definition) is 7. The second-order valence-electron chi connectivity index (χ2n) is 11.3. The van der Waals surface area contributed by atoms with Gasteiger partial charge in [0.2, 0.25) is 11.8 Å². The van der Waals surface area contributed by atoms with Crippen molar-refractivity contribution in [1.29, 1.82) is 0 Å². The first kappa shape index (κ1) is 30.0. The summed E-state index contributed by atoms with van der Waals surface area (Å²) in [4.78, 5) is 32.1. The first-order chi connectivity index (χ1) is 21.9. The average molecular weight is 609 g/mol. The molecule has 6 rings (SSSR count). The number of piperidine rings is 1. The van der Waals surface area contributed by atoms with Gasteiger partial charge in [-0.3, -0.25) is 13.9 Å². The summed E-state index contributed by atoms with van der Waals surface area (Å²) < 4.78 is 21.1. The van der Waals surface area contributed by atoms with Gasteiger partial charge in [0.15, 0.2) is 0 Å². The molecule has 0 amide bonds. The van der Waals surface area contributed by atoms with Crippen molar-refractivity contribution in [2.45, 2.75) is 38.1 Å². The van der Waals surface area contributed by atoms with Crippen LogP contribution in [0.25, 0.3) is 16.7 Å². The molecule has 0 aliphatic carbocycles. The van der Waals surface area contributed by atoms with Crippen molar-refractivity contribution in [3.8, 4) is 17.4 Å². The molecule has 3 aromatic carbocycles. The Hall–Kier alpha value is -5.09. The second kappa shape index (κ2) is 12.9. The van der Waals surface area contributed by atoms with Crippen molar-refractivity contribution < 1.29 is 24.1 Å². The molecule has 0 saturated carbocycles. The molecule has 3 heterocycles. The Morgan fingerprint density at radius 2 is 1.51 bits per heavy atom. The van der Waals surface area contributed by atoms with Gasteiger partial charge in [-0.05, 0) is 48.2 Å². The maximum absolute atomic E-state index is 13.8. The summed E-state index contributed by atoms with van der Waals surface area (Å²) in [5.74, 6) is -0.185. The number of anilines is 1. The van der Waals surface area contributed by atoms with E-state index in [4.69, 9.17) is 19.2 Å². The summed E-state index contributed by atoms with van der Waals surface area (Å²) in [6.45, 7) is 1.91. The highest BCUT2D eigenvalue weighted by Crippen LogP contribution is 2.34. The van der Waals surface area contributed by atoms with E-state index in [1.54, 1.807) is 35.4 Å². The van der Waals surface area contributed by atoms with Crippen LogP contribution in [0.1, 0.15) is 30.4 Å². The number of benzene rings is 3. The zero-order chi connectivity index (χ0) is 31.4. The summed E-state index contributed by atoms with van der Waals surface area (Å²) in [5.41, 5.74) is 4.02. The fraction of sp³-hybridized carbons (Fsp3) is 0.286. The number of pyridine rings is 1. The molecular formula is C35H36N4O6. The Kier molecular flexibility index (Phi) is 8.57. The van der Waals surface area contributed by atoms with Gasteiger partial charge in [0, 0.05) is 39.0 Å². The number of carbonyl (C=O) groups is 1. The van der Waals surface area contributed by atoms with Gasteiger partial charge in [-0.15, -0.1) is 0 Å². The van der Waals surface area contributed by atoms with Gasteiger partial charge in [0.1, 0.15) is 18.9 Å². The molecule has 0 spiro atoms. The molecule has 1 aliphatic rings. The molecule has 0 atom stereocenters. The van der Waals surface area contributed by atoms with Gasteiger partial charge < -0.3 is 24.2 Å². The van der Waals surface area contributed by atoms with Crippen LogP contribution < -0.4 is 20.1 Å². The quantitative estimate of drug-likeness (QED) is 0.214. The number of hydrogen-bond donors (Lipinski definition) is 1. The number of aromatic nitrogens is 3. The number of nitrogens with zero attached hydrogens (tertiary/aromatic N) is 4. The van der Waals surface area contributed by atoms with E-state index in [1.807, 2.05) is 78.9 Å². The molecule has 232 valence electrons. The molecule has 10 nitrogen and oxygen atoms in total. The van der Waals surface area contributed by atoms with Crippen LogP contribution in [0.5, 0.6) is 11.8 Å². The van der Waals surface area contributed by atoms with E-state index in [2.05, 4.69) is 4.90 Å². The molecule has 10 heteroatoms. The van der Waals surface area contributed by atoms with Crippen molar-refractivity contribution >= 4 is 22.7 Å². The maximum Gasteiger partial charge on any atom is 0.333 e. The van der Waals surface area contributed by atoms with E-state index in [0.29, 0.717) is 49.6 Å². The lowest BCUT2D eigenvalue weighted by Gasteiger charge is -2.41. The number of carboxylic acid groups (broad SMARTS) is 1. The Labute approximate surface area is 261 Å². The molecule has 2 aromatic heterocycles. The third-order valence-corrected chi connectivity index (χ3v) is 8.49. The number of ether oxygens (including phenoxy) is 3. The maximum atomic E-state index is 13.8. The Morgan fingerprint density at radius 3 is 2.13 bits per heavy atom. The number of fused-ring (bicyclic) bond motifs is 1. The molecule has 5 aromatic rings. The highest BCUT2D eigenvalue weighted by molar-refractivity contribution is 5.82. The third-order valence-electron chi connectivity index (χ3n) is 8.49. The molecule has 1 fully saturated rings. The minimum Gasteiger partial charge on any atom is -0.481 e. The van der Waals surface area contributed by atoms with E-state index in [0.717, 1.165) is 22.3 Å². The lowest BCUT2D eigenvalue weighted by Crippen LogP contribution is -2.46. The van der Waals surface area contributed by atoms with Crippen LogP contribution in [0.3, 0.4) is 0 Å². The summed E-state index contributed by atoms with van der Waals surface area (Å²) in [6.07, 6.45) is 1.17. The molecule has 1 N–H and O–H groups in total. The van der Waals surface area contributed by atoms with Crippen LogP contribution >= 0.6 is 0 Å². The van der Waals surface area contributed by atoms with Gasteiger partial charge in [-0.25, -0.2) is 4.79 Å². The number of carboxylic acids is 1. The molecule has 1 saturated heterocycles. The van der Waals surface area contributed by atoms with Crippen molar-refractivity contribution in [2.75, 3.05) is 25.1 Å². The number of aryl methyl sites for hydroxylation is 1. The average Bonchev–Trinajstić information content (AvgIpc) is 3.32. The Balaban J connectivity index is 1.32. The summed E-state index contributed by atoms with van der Waals surface area (Å²) >= 11 is 0. The molecule has 45 heavy (non-hydrogen) atoms. The first-order valence-electron chi connectivity index (χ1n) is 14.9. The van der Waals surface area contributed by atoms with Crippen LogP contribution in [-0.4, -0.2) is 51.0 Å². The standard InChI is InChI=1S/C35H36N4O6/c1-37-30-21-27(38-19-17-35(43-2,18-20-38)22-32(40)41)13-14-28(30)39(34(37)42)29-15-16-31(44-23-25-9-5-3-6-10-25)36-33(29)45-24-26-11-7-4-8-12-26/h3-16,21H,17-20,22-24H2,1-2H3,(H,40,41). The van der Waals surface area contributed by atoms with Crippen LogP contribution in [0, 0.1) is 0 Å². The summed E-state index contributed by atoms with van der Waals surface area (Å²) in [6, 6.07) is 29.1. The van der Waals surface area contributed by atoms with E-state index in [1.165, 1.54) is 0 Å². The monoisotopic (exact) mass is 608 g/mol. The zero-order valence-corrected chi connectivity index (χ0v) is 25.4. The third kappa shape index (κ3) is 6.41. The molecule has 0 bridgehead atoms. The predicted molar refractivity (Wildman–Crippen MR) is 171 cm³/mol. The lowest BCUT2D eigenvalue weighted by atomic mass is 9.87. The fourth-order valence-corrected chi connectivity index (χ4v) is 5.89. The van der Waals surface area contributed by atoms with E-state index in [-0.39, 0.29) is 24.6 Å². The van der Waals surface area contributed by atoms with E-state index < -0.39 is 11.6 Å². The SMILES string of the molecule is COC1(CC(=O)O)CCN(c2ccc3c(c2)n(C)c(=O)n3-c2ccc(OCc3ccccc3)nc2OCc2ccccc2)CC1. The topological polar surface area (TPSA) is 108 Å². The van der Waals surface area contributed by atoms with Gasteiger partial charge in [0.25, 0.3) is 0 Å². The second-order valence-corrected chi connectivity index (χ2v) is 11.3. The summed E-state index contributed by atoms with van der Waals surface area (Å²) in [7, 11) is 3.33. The van der Waals surface area contributed by atoms with Gasteiger partial charge in [0.05, 0.1) is 23.1 Å². The molecule has 0 unspecified atom stereocenters. The Morgan fingerprint density at radius 1 is 0.867 bits per heavy atom. The van der Waals surface area contributed by atoms with Crippen LogP contribution in [0.15, 0.2) is 95.8 Å². The normalized spacial score (nSPS) is 14.4. The van der Waals surface area contributed by atoms with Crippen LogP contribution in [0.2, 0.25) is 0 Å². The minimum atomic E-state index is -0.861. The fourth-order valence-electron chi connectivity index (χ4n) is 5.89. The molecule has 1 aliphatic heterocycles. The highest BCUT2D eigenvalue weighted by atomic mass is 16.5. The van der Waals surface area contributed by atoms with Gasteiger partial charge >= 0.3 is 11.7 Å². The van der Waals surface area contributed by atoms with Crippen LogP contribution in [0.4, 0.5) is 5.69 Å². The number of rotatable bonds is 11. The molecule has 0 radical (unpaired) electrons. The molecular weight excluding hydrogens is 572 g/mol. The van der Waals surface area contributed by atoms with E-state index in [9.17, 15) is 14.7 Å². The lowest BCUT2D eigenvalue weighted by molar-refractivity contribution is -0.145. The van der Waals surface area contributed by atoms with E-state index >= 15 is 0 Å². The van der Waals surface area contributed by atoms with Crippen molar-refractivity contribution in [3.63, 3.8) is 0 Å². The van der Waals surface area contributed by atoms with Gasteiger partial charge in [-0.1, -0.05) is 60.7 Å². The van der Waals surface area contributed by atoms with Crippen molar-refractivity contribution in [3.05, 3.63) is 113 Å². The van der Waals surface area contributed by atoms with Crippen molar-refractivity contribution in [2.24, 2.45) is 7.05 Å². The minimum absolute atomic E-state index is 0.0213. The van der Waals surface area contributed by atoms with Gasteiger partial charge in [-0.2, -0.15) is 4.98 Å².